The van der Waals surface area contributed by atoms with E-state index in [1.165, 1.54) is 11.1 Å². The van der Waals surface area contributed by atoms with Crippen molar-refractivity contribution in [2.24, 2.45) is 11.7 Å². The van der Waals surface area contributed by atoms with E-state index in [-0.39, 0.29) is 48.2 Å². The average molecular weight is 452 g/mol. The van der Waals surface area contributed by atoms with E-state index in [0.717, 1.165) is 25.9 Å². The van der Waals surface area contributed by atoms with Gasteiger partial charge in [0, 0.05) is 24.7 Å². The lowest BCUT2D eigenvalue weighted by Gasteiger charge is -2.47. The number of hydrogen-bond donors (Lipinski definition) is 1. The number of piperidine rings is 1. The molecule has 2 N–H and O–H groups in total. The maximum Gasteiger partial charge on any atom is 0.227 e. The summed E-state index contributed by atoms with van der Waals surface area (Å²) in [5, 5.41) is 0. The molecule has 0 aliphatic carbocycles. The molecule has 30 heavy (non-hydrogen) atoms. The van der Waals surface area contributed by atoms with Crippen molar-refractivity contribution >= 4 is 30.7 Å². The quantitative estimate of drug-likeness (QED) is 0.718. The molecule has 0 saturated carbocycles. The molecule has 0 radical (unpaired) electrons. The van der Waals surface area contributed by atoms with Crippen LogP contribution in [0.1, 0.15) is 30.9 Å². The van der Waals surface area contributed by atoms with Crippen LogP contribution in [0.15, 0.2) is 60.7 Å². The van der Waals surface area contributed by atoms with Gasteiger partial charge in [-0.05, 0) is 51.4 Å². The van der Waals surface area contributed by atoms with Crippen LogP contribution in [0.25, 0.3) is 0 Å². The van der Waals surface area contributed by atoms with Crippen LogP contribution in [0.4, 0.5) is 0 Å². The van der Waals surface area contributed by atoms with Gasteiger partial charge in [0.15, 0.2) is 0 Å². The Morgan fingerprint density at radius 2 is 1.50 bits per heavy atom. The molecule has 1 fully saturated rings. The van der Waals surface area contributed by atoms with E-state index < -0.39 is 0 Å². The largest absolute Gasteiger partial charge is 0.342 e. The molecule has 1 saturated heterocycles. The van der Waals surface area contributed by atoms with Crippen LogP contribution in [-0.2, 0) is 16.8 Å². The number of amides is 1. The van der Waals surface area contributed by atoms with Crippen molar-refractivity contribution < 1.29 is 4.79 Å². The zero-order chi connectivity index (χ0) is 20.1. The molecule has 1 heterocycles. The number of carbonyl (C=O) groups is 1. The highest BCUT2D eigenvalue weighted by Gasteiger charge is 2.40. The van der Waals surface area contributed by atoms with Crippen molar-refractivity contribution in [1.82, 2.24) is 9.80 Å². The van der Waals surface area contributed by atoms with Gasteiger partial charge < -0.3 is 10.6 Å². The van der Waals surface area contributed by atoms with E-state index in [4.69, 9.17) is 5.73 Å². The number of hydrogen-bond acceptors (Lipinski definition) is 3. The van der Waals surface area contributed by atoms with Gasteiger partial charge in [0.2, 0.25) is 5.91 Å². The lowest BCUT2D eigenvalue weighted by Crippen LogP contribution is -2.54. The molecule has 3 rings (SSSR count). The summed E-state index contributed by atoms with van der Waals surface area (Å²) in [5.41, 5.74) is 8.72. The highest BCUT2D eigenvalue weighted by Crippen LogP contribution is 2.37. The molecule has 6 heteroatoms. The van der Waals surface area contributed by atoms with Gasteiger partial charge in [-0.15, -0.1) is 24.8 Å². The minimum Gasteiger partial charge on any atom is -0.342 e. The predicted molar refractivity (Wildman–Crippen MR) is 129 cm³/mol. The monoisotopic (exact) mass is 451 g/mol. The predicted octanol–water partition coefficient (Wildman–Crippen LogP) is 4.12. The van der Waals surface area contributed by atoms with E-state index in [9.17, 15) is 4.79 Å². The van der Waals surface area contributed by atoms with Gasteiger partial charge in [-0.1, -0.05) is 60.7 Å². The summed E-state index contributed by atoms with van der Waals surface area (Å²) in [6.45, 7) is 3.48. The van der Waals surface area contributed by atoms with Crippen molar-refractivity contribution in [2.75, 3.05) is 27.2 Å². The van der Waals surface area contributed by atoms with Crippen LogP contribution in [0.5, 0.6) is 0 Å². The van der Waals surface area contributed by atoms with Gasteiger partial charge in [0.25, 0.3) is 0 Å². The molecule has 1 aliphatic rings. The zero-order valence-electron chi connectivity index (χ0n) is 18.2. The first-order valence-corrected chi connectivity index (χ1v) is 10.3. The summed E-state index contributed by atoms with van der Waals surface area (Å²) < 4.78 is 0. The Bertz CT molecular complexity index is 761. The third kappa shape index (κ3) is 5.76. The fourth-order valence-electron chi connectivity index (χ4n) is 4.44. The third-order valence-corrected chi connectivity index (χ3v) is 6.32. The lowest BCUT2D eigenvalue weighted by atomic mass is 9.79. The minimum absolute atomic E-state index is 0. The molecule has 0 spiro atoms. The molecular formula is C24H35Cl2N3O. The van der Waals surface area contributed by atoms with E-state index in [1.807, 2.05) is 30.0 Å². The Morgan fingerprint density at radius 1 is 1.00 bits per heavy atom. The Labute approximate surface area is 193 Å². The lowest BCUT2D eigenvalue weighted by molar-refractivity contribution is -0.138. The maximum absolute atomic E-state index is 13.3. The van der Waals surface area contributed by atoms with Crippen molar-refractivity contribution in [2.45, 2.75) is 37.8 Å². The molecule has 2 atom stereocenters. The molecule has 4 nitrogen and oxygen atoms in total. The van der Waals surface area contributed by atoms with Crippen LogP contribution in [0.2, 0.25) is 0 Å². The number of nitrogens with two attached hydrogens (primary N) is 1. The van der Waals surface area contributed by atoms with Gasteiger partial charge >= 0.3 is 0 Å². The van der Waals surface area contributed by atoms with Crippen LogP contribution >= 0.6 is 24.8 Å². The number of halogens is 2. The standard InChI is InChI=1S/C24H33N3O.2ClH/c1-19(25)22(18-20-10-6-4-7-11-20)23(28)27-16-14-24(15-17-27,26(2)3)21-12-8-5-9-13-21;;/h4-13,19,22H,14-18,25H2,1-3H3;2*1H. The minimum atomic E-state index is -0.175. The Kier molecular flexibility index (Phi) is 10.3. The first kappa shape index (κ1) is 26.4. The maximum atomic E-state index is 13.3. The Balaban J connectivity index is 0.00000225. The average Bonchev–Trinajstić information content (AvgIpc) is 2.72. The first-order chi connectivity index (χ1) is 13.4. The highest BCUT2D eigenvalue weighted by atomic mass is 35.5. The molecular weight excluding hydrogens is 417 g/mol. The molecule has 2 aromatic carbocycles. The van der Waals surface area contributed by atoms with E-state index in [0.29, 0.717) is 6.42 Å². The molecule has 0 bridgehead atoms. The second-order valence-electron chi connectivity index (χ2n) is 8.27. The van der Waals surface area contributed by atoms with Crippen LogP contribution in [-0.4, -0.2) is 48.9 Å². The molecule has 2 aromatic rings. The highest BCUT2D eigenvalue weighted by molar-refractivity contribution is 5.85. The summed E-state index contributed by atoms with van der Waals surface area (Å²) in [5.74, 6) is 0.0188. The number of carbonyl (C=O) groups excluding carboxylic acids is 1. The van der Waals surface area contributed by atoms with Crippen molar-refractivity contribution in [3.63, 3.8) is 0 Å². The van der Waals surface area contributed by atoms with Gasteiger partial charge in [-0.2, -0.15) is 0 Å². The topological polar surface area (TPSA) is 49.6 Å². The Hall–Kier alpha value is -1.59. The number of nitrogens with zero attached hydrogens (tertiary/aromatic N) is 2. The van der Waals surface area contributed by atoms with Gasteiger partial charge in [0.05, 0.1) is 5.92 Å². The van der Waals surface area contributed by atoms with E-state index >= 15 is 0 Å². The molecule has 0 aromatic heterocycles. The van der Waals surface area contributed by atoms with Crippen molar-refractivity contribution in [1.29, 1.82) is 0 Å². The molecule has 1 aliphatic heterocycles. The van der Waals surface area contributed by atoms with Crippen LogP contribution in [0.3, 0.4) is 0 Å². The molecule has 1 amide bonds. The smallest absolute Gasteiger partial charge is 0.227 e. The second kappa shape index (κ2) is 11.7. The second-order valence-corrected chi connectivity index (χ2v) is 8.27. The van der Waals surface area contributed by atoms with E-state index in [1.54, 1.807) is 0 Å². The zero-order valence-corrected chi connectivity index (χ0v) is 19.8. The molecule has 166 valence electrons. The Morgan fingerprint density at radius 3 is 1.97 bits per heavy atom. The van der Waals surface area contributed by atoms with Gasteiger partial charge in [-0.25, -0.2) is 0 Å². The first-order valence-electron chi connectivity index (χ1n) is 10.3. The summed E-state index contributed by atoms with van der Waals surface area (Å²) in [4.78, 5) is 17.6. The summed E-state index contributed by atoms with van der Waals surface area (Å²) in [6, 6.07) is 20.7. The normalized spacial score (nSPS) is 17.4. The number of benzene rings is 2. The van der Waals surface area contributed by atoms with Crippen molar-refractivity contribution in [3.05, 3.63) is 71.8 Å². The summed E-state index contributed by atoms with van der Waals surface area (Å²) >= 11 is 0. The summed E-state index contributed by atoms with van der Waals surface area (Å²) in [7, 11) is 4.29. The summed E-state index contributed by atoms with van der Waals surface area (Å²) in [6.07, 6.45) is 2.57. The van der Waals surface area contributed by atoms with Crippen LogP contribution < -0.4 is 5.73 Å². The number of likely N-dealkylation sites (tertiary alicyclic amines) is 1. The fraction of sp³-hybridized carbons (Fsp3) is 0.458. The van der Waals surface area contributed by atoms with Crippen molar-refractivity contribution in [3.8, 4) is 0 Å². The SMILES string of the molecule is CC(N)C(Cc1ccccc1)C(=O)N1CCC(c2ccccc2)(N(C)C)CC1.Cl.Cl. The van der Waals surface area contributed by atoms with Crippen LogP contribution in [0, 0.1) is 5.92 Å². The van der Waals surface area contributed by atoms with E-state index in [2.05, 4.69) is 61.5 Å². The fourth-order valence-corrected chi connectivity index (χ4v) is 4.44. The van der Waals surface area contributed by atoms with Gasteiger partial charge in [0.1, 0.15) is 0 Å². The third-order valence-electron chi connectivity index (χ3n) is 6.32. The number of rotatable bonds is 6. The van der Waals surface area contributed by atoms with Gasteiger partial charge in [-0.3, -0.25) is 9.69 Å². The molecule has 2 unspecified atom stereocenters.